The van der Waals surface area contributed by atoms with Crippen molar-refractivity contribution in [1.29, 1.82) is 0 Å². The minimum atomic E-state index is -0.882. The van der Waals surface area contributed by atoms with E-state index in [0.29, 0.717) is 19.3 Å². The fraction of sp³-hybridized carbons (Fsp3) is 0.721. The number of carbonyl (C=O) groups excluding carboxylic acids is 2. The largest absolute Gasteiger partial charge is 0.477 e. The van der Waals surface area contributed by atoms with Crippen molar-refractivity contribution in [2.45, 2.75) is 244 Å². The van der Waals surface area contributed by atoms with Crippen LogP contribution in [0.5, 0.6) is 0 Å². The Labute approximate surface area is 424 Å². The number of allylic oxidation sites excluding steroid dienone is 14. The van der Waals surface area contributed by atoms with Crippen LogP contribution >= 0.6 is 0 Å². The monoisotopic (exact) mass is 965 g/mol. The molecule has 0 rings (SSSR count). The van der Waals surface area contributed by atoms with Gasteiger partial charge in [-0.1, -0.05) is 208 Å². The Hall–Kier alpha value is -3.49. The summed E-state index contributed by atoms with van der Waals surface area (Å²) in [6.07, 6.45) is 67.9. The molecule has 0 aromatic heterocycles. The summed E-state index contributed by atoms with van der Waals surface area (Å²) in [5.74, 6) is -1.51. The number of ether oxygens (including phenoxy) is 3. The van der Waals surface area contributed by atoms with Gasteiger partial charge in [-0.2, -0.15) is 0 Å². The van der Waals surface area contributed by atoms with Crippen LogP contribution in [0, 0.1) is 0 Å². The first-order chi connectivity index (χ1) is 33.6. The van der Waals surface area contributed by atoms with Gasteiger partial charge in [0.2, 0.25) is 0 Å². The van der Waals surface area contributed by atoms with Crippen molar-refractivity contribution in [1.82, 2.24) is 0 Å². The van der Waals surface area contributed by atoms with Gasteiger partial charge in [0, 0.05) is 19.3 Å². The summed E-state index contributed by atoms with van der Waals surface area (Å²) in [7, 11) is 5.52. The third-order valence-corrected chi connectivity index (χ3v) is 12.3. The highest BCUT2D eigenvalue weighted by atomic mass is 16.6. The van der Waals surface area contributed by atoms with E-state index in [1.165, 1.54) is 116 Å². The summed E-state index contributed by atoms with van der Waals surface area (Å²) in [5, 5.41) is 9.67. The normalized spacial score (nSPS) is 13.5. The Morgan fingerprint density at radius 3 is 1.23 bits per heavy atom. The molecule has 0 radical (unpaired) electrons. The standard InChI is InChI=1S/C61H105NO7/c1-6-8-10-12-14-16-18-20-22-24-26-28-30-32-34-36-38-40-42-44-46-48-50-52-60(64)69-57(55-67-54-53-58(61(65)66)62(3,4)5)56-68-59(63)51-49-47-45-43-41-39-37-35-33-31-29-27-25-23-21-19-17-15-13-11-9-7-2/h9,11,15,17,21,23,27,29,32-35,39,41,57-58H,6-8,10,12-14,16,18-20,22,24-26,28,30-31,36-38,40,42-56H2,1-5H3/p+1/b11-9+,17-15+,23-21+,29-27+,34-32+,35-33+,41-39+. The molecule has 0 bridgehead atoms. The highest BCUT2D eigenvalue weighted by molar-refractivity contribution is 5.72. The third kappa shape index (κ3) is 49.3. The van der Waals surface area contributed by atoms with E-state index in [-0.39, 0.29) is 36.2 Å². The summed E-state index contributed by atoms with van der Waals surface area (Å²) < 4.78 is 17.4. The van der Waals surface area contributed by atoms with Gasteiger partial charge in [-0.15, -0.1) is 0 Å². The molecule has 0 aliphatic heterocycles. The number of carboxylic acid groups (broad SMARTS) is 1. The van der Waals surface area contributed by atoms with Crippen LogP contribution in [0.3, 0.4) is 0 Å². The molecule has 8 heteroatoms. The number of hydrogen-bond acceptors (Lipinski definition) is 6. The molecule has 0 fully saturated rings. The van der Waals surface area contributed by atoms with E-state index in [9.17, 15) is 19.5 Å². The van der Waals surface area contributed by atoms with Crippen molar-refractivity contribution in [2.75, 3.05) is 41.0 Å². The van der Waals surface area contributed by atoms with E-state index < -0.39 is 18.1 Å². The van der Waals surface area contributed by atoms with Crippen LogP contribution in [0.4, 0.5) is 0 Å². The van der Waals surface area contributed by atoms with Gasteiger partial charge in [-0.25, -0.2) is 4.79 Å². The fourth-order valence-corrected chi connectivity index (χ4v) is 7.97. The molecule has 0 saturated heterocycles. The van der Waals surface area contributed by atoms with E-state index in [1.807, 2.05) is 21.1 Å². The molecule has 8 nitrogen and oxygen atoms in total. The van der Waals surface area contributed by atoms with Crippen LogP contribution in [-0.4, -0.2) is 80.6 Å². The Morgan fingerprint density at radius 2 is 0.812 bits per heavy atom. The smallest absolute Gasteiger partial charge is 0.362 e. The molecule has 0 saturated carbocycles. The third-order valence-electron chi connectivity index (χ3n) is 12.3. The van der Waals surface area contributed by atoms with Crippen LogP contribution in [0.15, 0.2) is 85.1 Å². The topological polar surface area (TPSA) is 99.1 Å². The van der Waals surface area contributed by atoms with Crippen molar-refractivity contribution < 1.29 is 38.2 Å². The predicted molar refractivity (Wildman–Crippen MR) is 293 cm³/mol. The maximum Gasteiger partial charge on any atom is 0.362 e. The van der Waals surface area contributed by atoms with E-state index in [2.05, 4.69) is 98.9 Å². The molecular formula is C61H106NO7+. The highest BCUT2D eigenvalue weighted by Crippen LogP contribution is 2.15. The summed E-state index contributed by atoms with van der Waals surface area (Å²) >= 11 is 0. The zero-order valence-corrected chi connectivity index (χ0v) is 45.2. The lowest BCUT2D eigenvalue weighted by Crippen LogP contribution is -2.50. The number of carbonyl (C=O) groups is 3. The molecule has 396 valence electrons. The van der Waals surface area contributed by atoms with E-state index >= 15 is 0 Å². The van der Waals surface area contributed by atoms with Gasteiger partial charge < -0.3 is 23.8 Å². The second-order valence-corrected chi connectivity index (χ2v) is 19.8. The van der Waals surface area contributed by atoms with Gasteiger partial charge >= 0.3 is 17.9 Å². The molecule has 0 spiro atoms. The molecule has 2 unspecified atom stereocenters. The molecule has 2 atom stereocenters. The molecular weight excluding hydrogens is 859 g/mol. The SMILES string of the molecule is CC/C=C/C/C=C/C/C=C/C/C=C/C/C=C/C/C=C/CCCCCC(=O)OCC(COCCC(C(=O)O)[N+](C)(C)C)OC(=O)CCCCCCCCC/C=C/CCCCCCCCCCCCCC. The Bertz CT molecular complexity index is 1400. The molecule has 0 heterocycles. The first kappa shape index (κ1) is 65.5. The summed E-state index contributed by atoms with van der Waals surface area (Å²) in [6, 6.07) is -0.626. The maximum absolute atomic E-state index is 12.8. The van der Waals surface area contributed by atoms with Gasteiger partial charge in [0.05, 0.1) is 34.4 Å². The van der Waals surface area contributed by atoms with Gasteiger partial charge in [-0.05, 0) is 89.9 Å². The highest BCUT2D eigenvalue weighted by Gasteiger charge is 2.31. The van der Waals surface area contributed by atoms with Crippen molar-refractivity contribution in [2.24, 2.45) is 0 Å². The van der Waals surface area contributed by atoms with Gasteiger partial charge in [0.25, 0.3) is 0 Å². The number of nitrogens with zero attached hydrogens (tertiary/aromatic N) is 1. The number of quaternary nitrogens is 1. The number of unbranched alkanes of at least 4 members (excludes halogenated alkanes) is 22. The lowest BCUT2D eigenvalue weighted by molar-refractivity contribution is -0.887. The number of hydrogen-bond donors (Lipinski definition) is 1. The molecule has 0 aromatic carbocycles. The Morgan fingerprint density at radius 1 is 0.449 bits per heavy atom. The van der Waals surface area contributed by atoms with Gasteiger partial charge in [0.1, 0.15) is 6.61 Å². The number of carboxylic acids is 1. The first-order valence-corrected chi connectivity index (χ1v) is 28.1. The average Bonchev–Trinajstić information content (AvgIpc) is 3.31. The van der Waals surface area contributed by atoms with Crippen molar-refractivity contribution >= 4 is 17.9 Å². The first-order valence-electron chi connectivity index (χ1n) is 28.1. The second-order valence-electron chi connectivity index (χ2n) is 19.8. The Kier molecular flexibility index (Phi) is 48.3. The van der Waals surface area contributed by atoms with E-state index in [0.717, 1.165) is 83.5 Å². The van der Waals surface area contributed by atoms with Crippen LogP contribution in [0.25, 0.3) is 0 Å². The molecule has 0 aliphatic carbocycles. The van der Waals surface area contributed by atoms with Crippen molar-refractivity contribution in [3.63, 3.8) is 0 Å². The van der Waals surface area contributed by atoms with E-state index in [4.69, 9.17) is 14.2 Å². The zero-order chi connectivity index (χ0) is 50.6. The van der Waals surface area contributed by atoms with Crippen molar-refractivity contribution in [3.05, 3.63) is 85.1 Å². The number of aliphatic carboxylic acids is 1. The molecule has 69 heavy (non-hydrogen) atoms. The average molecular weight is 966 g/mol. The lowest BCUT2D eigenvalue weighted by atomic mass is 10.0. The van der Waals surface area contributed by atoms with Gasteiger partial charge in [0.15, 0.2) is 12.1 Å². The lowest BCUT2D eigenvalue weighted by Gasteiger charge is -2.31. The quantitative estimate of drug-likeness (QED) is 0.0281. The van der Waals surface area contributed by atoms with Crippen molar-refractivity contribution in [3.8, 4) is 0 Å². The molecule has 0 aliphatic rings. The minimum absolute atomic E-state index is 0.0447. The second kappa shape index (κ2) is 50.9. The molecule has 0 aromatic rings. The predicted octanol–water partition coefficient (Wildman–Crippen LogP) is 16.8. The van der Waals surface area contributed by atoms with Gasteiger partial charge in [-0.3, -0.25) is 9.59 Å². The summed E-state index contributed by atoms with van der Waals surface area (Å²) in [5.41, 5.74) is 0. The molecule has 1 N–H and O–H groups in total. The fourth-order valence-electron chi connectivity index (χ4n) is 7.97. The van der Waals surface area contributed by atoms with Crippen LogP contribution in [-0.2, 0) is 28.6 Å². The van der Waals surface area contributed by atoms with E-state index in [1.54, 1.807) is 0 Å². The summed E-state index contributed by atoms with van der Waals surface area (Å²) in [6.45, 7) is 4.60. The summed E-state index contributed by atoms with van der Waals surface area (Å²) in [4.78, 5) is 37.3. The molecule has 0 amide bonds. The maximum atomic E-state index is 12.8. The number of esters is 2. The number of likely N-dealkylation sites (N-methyl/N-ethyl adjacent to an activating group) is 1. The number of rotatable bonds is 50. The van der Waals surface area contributed by atoms with Crippen LogP contribution in [0.2, 0.25) is 0 Å². The zero-order valence-electron chi connectivity index (χ0n) is 45.2. The van der Waals surface area contributed by atoms with Crippen LogP contribution < -0.4 is 0 Å². The van der Waals surface area contributed by atoms with Crippen LogP contribution in [0.1, 0.15) is 232 Å². The Balaban J connectivity index is 4.27. The minimum Gasteiger partial charge on any atom is -0.477 e.